The molecule has 1 aromatic heterocycles. The van der Waals surface area contributed by atoms with Crippen molar-refractivity contribution in [1.82, 2.24) is 4.98 Å². The molecule has 3 heteroatoms. The molecule has 1 N–H and O–H groups in total. The van der Waals surface area contributed by atoms with Crippen molar-refractivity contribution in [2.24, 2.45) is 0 Å². The van der Waals surface area contributed by atoms with Crippen LogP contribution >= 0.6 is 15.9 Å². The van der Waals surface area contributed by atoms with Gasteiger partial charge in [0.1, 0.15) is 4.60 Å². The van der Waals surface area contributed by atoms with Crippen molar-refractivity contribution in [1.29, 1.82) is 0 Å². The quantitative estimate of drug-likeness (QED) is 0.704. The van der Waals surface area contributed by atoms with Gasteiger partial charge in [-0.25, -0.2) is 4.98 Å². The Morgan fingerprint density at radius 1 is 1.70 bits per heavy atom. The van der Waals surface area contributed by atoms with Crippen LogP contribution in [0.4, 0.5) is 0 Å². The minimum atomic E-state index is 0.137. The van der Waals surface area contributed by atoms with Crippen LogP contribution < -0.4 is 0 Å². The third kappa shape index (κ3) is 1.19. The molecule has 1 heterocycles. The molecule has 1 rings (SSSR count). The van der Waals surface area contributed by atoms with Crippen molar-refractivity contribution in [2.45, 2.75) is 0 Å². The molecule has 0 atom stereocenters. The highest BCUT2D eigenvalue weighted by atomic mass is 79.9. The maximum absolute atomic E-state index is 9.22. The van der Waals surface area contributed by atoms with E-state index in [1.165, 1.54) is 0 Å². The molecular weight excluding hydrogens is 194 g/mol. The molecule has 0 radical (unpaired) electrons. The van der Waals surface area contributed by atoms with Crippen LogP contribution in [-0.4, -0.2) is 10.1 Å². The fraction of sp³-hybridized carbons (Fsp3) is 0. The Morgan fingerprint density at radius 2 is 2.40 bits per heavy atom. The number of hydrogen-bond donors (Lipinski definition) is 1. The Morgan fingerprint density at radius 3 is 2.90 bits per heavy atom. The molecule has 0 saturated heterocycles. The highest BCUT2D eigenvalue weighted by Crippen LogP contribution is 2.25. The Kier molecular flexibility index (Phi) is 2.06. The van der Waals surface area contributed by atoms with Crippen LogP contribution in [0.3, 0.4) is 0 Å². The van der Waals surface area contributed by atoms with E-state index in [1.54, 1.807) is 18.3 Å². The molecule has 52 valence electrons. The zero-order chi connectivity index (χ0) is 7.56. The Bertz CT molecular complexity index is 260. The minimum absolute atomic E-state index is 0.137. The van der Waals surface area contributed by atoms with E-state index in [9.17, 15) is 5.11 Å². The maximum Gasteiger partial charge on any atom is 0.155 e. The van der Waals surface area contributed by atoms with E-state index in [1.807, 2.05) is 0 Å². The van der Waals surface area contributed by atoms with Gasteiger partial charge in [0.25, 0.3) is 0 Å². The molecule has 10 heavy (non-hydrogen) atoms. The fourth-order valence-electron chi connectivity index (χ4n) is 0.607. The number of halogens is 1. The second-order valence-corrected chi connectivity index (χ2v) is 2.49. The molecular formula is C7H6BrNO. The van der Waals surface area contributed by atoms with Gasteiger partial charge < -0.3 is 5.11 Å². The highest BCUT2D eigenvalue weighted by molar-refractivity contribution is 9.10. The van der Waals surface area contributed by atoms with Gasteiger partial charge in [-0.3, -0.25) is 0 Å². The van der Waals surface area contributed by atoms with Gasteiger partial charge in [-0.1, -0.05) is 12.7 Å². The first-order valence-corrected chi connectivity index (χ1v) is 3.51. The number of pyridine rings is 1. The van der Waals surface area contributed by atoms with Gasteiger partial charge in [-0.05, 0) is 22.0 Å². The average molecular weight is 200 g/mol. The van der Waals surface area contributed by atoms with E-state index in [0.717, 1.165) is 0 Å². The van der Waals surface area contributed by atoms with Crippen molar-refractivity contribution >= 4 is 22.0 Å². The summed E-state index contributed by atoms with van der Waals surface area (Å²) in [5.41, 5.74) is 0.682. The van der Waals surface area contributed by atoms with Crippen LogP contribution in [0.2, 0.25) is 0 Å². The van der Waals surface area contributed by atoms with E-state index < -0.39 is 0 Å². The summed E-state index contributed by atoms with van der Waals surface area (Å²) in [4.78, 5) is 3.81. The van der Waals surface area contributed by atoms with Crippen LogP contribution in [-0.2, 0) is 0 Å². The first-order chi connectivity index (χ1) is 4.75. The van der Waals surface area contributed by atoms with Crippen LogP contribution in [0.15, 0.2) is 23.4 Å². The Labute approximate surface area is 67.4 Å². The molecule has 0 aliphatic carbocycles. The van der Waals surface area contributed by atoms with Gasteiger partial charge in [0.15, 0.2) is 5.75 Å². The maximum atomic E-state index is 9.22. The number of hydrogen-bond acceptors (Lipinski definition) is 2. The van der Waals surface area contributed by atoms with E-state index >= 15 is 0 Å². The summed E-state index contributed by atoms with van der Waals surface area (Å²) in [5.74, 6) is 0.137. The molecule has 0 spiro atoms. The van der Waals surface area contributed by atoms with Crippen LogP contribution in [0, 0.1) is 0 Å². The topological polar surface area (TPSA) is 33.1 Å². The van der Waals surface area contributed by atoms with Gasteiger partial charge in [-0.15, -0.1) is 0 Å². The average Bonchev–Trinajstić information content (AvgIpc) is 1.95. The highest BCUT2D eigenvalue weighted by Gasteiger charge is 2.00. The lowest BCUT2D eigenvalue weighted by Crippen LogP contribution is -1.78. The van der Waals surface area contributed by atoms with Crippen molar-refractivity contribution in [3.63, 3.8) is 0 Å². The summed E-state index contributed by atoms with van der Waals surface area (Å²) >= 11 is 3.08. The number of nitrogens with zero attached hydrogens (tertiary/aromatic N) is 1. The fourth-order valence-corrected chi connectivity index (χ4v) is 0.954. The summed E-state index contributed by atoms with van der Waals surface area (Å²) in [6.45, 7) is 3.52. The lowest BCUT2D eigenvalue weighted by atomic mass is 10.2. The molecule has 0 aromatic carbocycles. The second kappa shape index (κ2) is 2.84. The SMILES string of the molecule is C=Cc1ccnc(Br)c1O. The van der Waals surface area contributed by atoms with Gasteiger partial charge in [-0.2, -0.15) is 0 Å². The first-order valence-electron chi connectivity index (χ1n) is 2.71. The van der Waals surface area contributed by atoms with Gasteiger partial charge in [0.2, 0.25) is 0 Å². The summed E-state index contributed by atoms with van der Waals surface area (Å²) in [7, 11) is 0. The van der Waals surface area contributed by atoms with Crippen molar-refractivity contribution in [2.75, 3.05) is 0 Å². The zero-order valence-electron chi connectivity index (χ0n) is 5.21. The first kappa shape index (κ1) is 7.28. The van der Waals surface area contributed by atoms with Crippen LogP contribution in [0.25, 0.3) is 6.08 Å². The summed E-state index contributed by atoms with van der Waals surface area (Å²) in [6, 6.07) is 1.69. The molecule has 0 saturated carbocycles. The molecule has 0 unspecified atom stereocenters. The number of aromatic nitrogens is 1. The Balaban J connectivity index is 3.27. The summed E-state index contributed by atoms with van der Waals surface area (Å²) < 4.78 is 0.449. The Hall–Kier alpha value is -0.830. The van der Waals surface area contributed by atoms with Crippen molar-refractivity contribution in [3.8, 4) is 5.75 Å². The summed E-state index contributed by atoms with van der Waals surface area (Å²) in [6.07, 6.45) is 3.17. The monoisotopic (exact) mass is 199 g/mol. The van der Waals surface area contributed by atoms with Gasteiger partial charge in [0.05, 0.1) is 0 Å². The lowest BCUT2D eigenvalue weighted by Gasteiger charge is -1.97. The molecule has 0 aliphatic rings. The predicted molar refractivity (Wildman–Crippen MR) is 43.7 cm³/mol. The van der Waals surface area contributed by atoms with E-state index in [4.69, 9.17) is 0 Å². The number of aromatic hydroxyl groups is 1. The third-order valence-corrected chi connectivity index (χ3v) is 1.71. The van der Waals surface area contributed by atoms with E-state index in [0.29, 0.717) is 10.2 Å². The molecule has 0 amide bonds. The van der Waals surface area contributed by atoms with E-state index in [2.05, 4.69) is 27.5 Å². The molecule has 0 aliphatic heterocycles. The molecule has 0 fully saturated rings. The van der Waals surface area contributed by atoms with Crippen molar-refractivity contribution < 1.29 is 5.11 Å². The number of rotatable bonds is 1. The zero-order valence-corrected chi connectivity index (χ0v) is 6.80. The standard InChI is InChI=1S/C7H6BrNO/c1-2-5-3-4-9-7(8)6(5)10/h2-4,10H,1H2. The minimum Gasteiger partial charge on any atom is -0.505 e. The van der Waals surface area contributed by atoms with Crippen LogP contribution in [0.5, 0.6) is 5.75 Å². The smallest absolute Gasteiger partial charge is 0.155 e. The van der Waals surface area contributed by atoms with Gasteiger partial charge >= 0.3 is 0 Å². The second-order valence-electron chi connectivity index (χ2n) is 1.74. The molecule has 0 bridgehead atoms. The van der Waals surface area contributed by atoms with E-state index in [-0.39, 0.29) is 5.75 Å². The third-order valence-electron chi connectivity index (χ3n) is 1.13. The van der Waals surface area contributed by atoms with Crippen molar-refractivity contribution in [3.05, 3.63) is 29.0 Å². The molecule has 1 aromatic rings. The normalized spacial score (nSPS) is 9.30. The lowest BCUT2D eigenvalue weighted by molar-refractivity contribution is 0.467. The molecule has 2 nitrogen and oxygen atoms in total. The predicted octanol–water partition coefficient (Wildman–Crippen LogP) is 2.19. The van der Waals surface area contributed by atoms with Gasteiger partial charge in [0, 0.05) is 11.8 Å². The summed E-state index contributed by atoms with van der Waals surface area (Å²) in [5, 5.41) is 9.22. The van der Waals surface area contributed by atoms with Crippen LogP contribution in [0.1, 0.15) is 5.56 Å². The largest absolute Gasteiger partial charge is 0.505 e.